The van der Waals surface area contributed by atoms with E-state index in [2.05, 4.69) is 27.7 Å². The first kappa shape index (κ1) is 13.7. The zero-order valence-corrected chi connectivity index (χ0v) is 12.2. The number of H-pyrrole nitrogens is 1. The number of nitrogen functional groups attached to an aromatic ring is 1. The maximum Gasteiger partial charge on any atom is 0.153 e. The van der Waals surface area contributed by atoms with E-state index in [1.54, 1.807) is 0 Å². The Hall–Kier alpha value is -3.25. The Bertz CT molecular complexity index is 880. The number of nitrogens with one attached hydrogen (secondary N) is 2. The van der Waals surface area contributed by atoms with E-state index in [9.17, 15) is 10.5 Å². The van der Waals surface area contributed by atoms with E-state index in [1.165, 1.54) is 0 Å². The van der Waals surface area contributed by atoms with Crippen LogP contribution in [-0.4, -0.2) is 10.2 Å². The molecule has 0 radical (unpaired) electrons. The van der Waals surface area contributed by atoms with E-state index in [4.69, 9.17) is 5.73 Å². The summed E-state index contributed by atoms with van der Waals surface area (Å²) >= 11 is 0. The van der Waals surface area contributed by atoms with Crippen LogP contribution in [0.1, 0.15) is 25.3 Å². The van der Waals surface area contributed by atoms with Crippen molar-refractivity contribution in [3.63, 3.8) is 0 Å². The number of nitrogens with zero attached hydrogens (tertiary/aromatic N) is 3. The molecule has 0 aliphatic carbocycles. The lowest BCUT2D eigenvalue weighted by Gasteiger charge is -2.26. The Labute approximate surface area is 127 Å². The molecule has 2 heterocycles. The molecular weight excluding hydrogens is 276 g/mol. The third-order valence-electron chi connectivity index (χ3n) is 3.95. The van der Waals surface area contributed by atoms with Crippen LogP contribution in [0.15, 0.2) is 40.7 Å². The van der Waals surface area contributed by atoms with Gasteiger partial charge in [-0.3, -0.25) is 5.10 Å². The van der Waals surface area contributed by atoms with Crippen molar-refractivity contribution in [2.45, 2.75) is 19.8 Å². The molecule has 0 saturated heterocycles. The van der Waals surface area contributed by atoms with Crippen molar-refractivity contribution >= 4 is 16.7 Å². The second kappa shape index (κ2) is 4.94. The second-order valence-corrected chi connectivity index (χ2v) is 5.27. The van der Waals surface area contributed by atoms with Gasteiger partial charge in [0.1, 0.15) is 0 Å². The van der Waals surface area contributed by atoms with Crippen LogP contribution in [0.5, 0.6) is 0 Å². The number of benzene rings is 1. The summed E-state index contributed by atoms with van der Waals surface area (Å²) in [6.07, 6.45) is 0. The third-order valence-corrected chi connectivity index (χ3v) is 3.95. The van der Waals surface area contributed by atoms with Gasteiger partial charge in [-0.05, 0) is 31.5 Å². The predicted molar refractivity (Wildman–Crippen MR) is 83.0 cm³/mol. The molecule has 0 spiro atoms. The van der Waals surface area contributed by atoms with Crippen LogP contribution < -0.4 is 11.1 Å². The number of anilines is 1. The first-order valence-corrected chi connectivity index (χ1v) is 6.79. The third kappa shape index (κ3) is 1.90. The summed E-state index contributed by atoms with van der Waals surface area (Å²) in [5.41, 5.74) is 10.1. The molecule has 0 saturated carbocycles. The molecule has 0 unspecified atom stereocenters. The normalized spacial score (nSPS) is 15.6. The maximum absolute atomic E-state index is 9.49. The topological polar surface area (TPSA) is 114 Å². The minimum atomic E-state index is -0.370. The van der Waals surface area contributed by atoms with Gasteiger partial charge in [-0.2, -0.15) is 15.6 Å². The Balaban J connectivity index is 2.22. The van der Waals surface area contributed by atoms with Gasteiger partial charge in [0.05, 0.1) is 34.7 Å². The molecule has 3 rings (SSSR count). The maximum atomic E-state index is 9.49. The highest BCUT2D eigenvalue weighted by molar-refractivity contribution is 5.89. The van der Waals surface area contributed by atoms with Gasteiger partial charge >= 0.3 is 0 Å². The van der Waals surface area contributed by atoms with Crippen molar-refractivity contribution in [3.8, 4) is 12.1 Å². The lowest BCUT2D eigenvalue weighted by atomic mass is 9.81. The number of fused-ring (bicyclic) bond motifs is 1. The molecule has 0 amide bonds. The molecule has 108 valence electrons. The van der Waals surface area contributed by atoms with E-state index in [-0.39, 0.29) is 5.92 Å². The zero-order chi connectivity index (χ0) is 15.9. The minimum absolute atomic E-state index is 0.370. The number of hydrogen-bond donors (Lipinski definition) is 3. The van der Waals surface area contributed by atoms with Gasteiger partial charge in [0, 0.05) is 16.8 Å². The van der Waals surface area contributed by atoms with Gasteiger partial charge in [-0.1, -0.05) is 6.07 Å². The molecule has 0 atom stereocenters. The van der Waals surface area contributed by atoms with Gasteiger partial charge in [-0.15, -0.1) is 0 Å². The highest BCUT2D eigenvalue weighted by Gasteiger charge is 2.29. The molecule has 1 aliphatic rings. The van der Waals surface area contributed by atoms with Crippen LogP contribution in [0.4, 0.5) is 5.82 Å². The van der Waals surface area contributed by atoms with Crippen molar-refractivity contribution < 1.29 is 0 Å². The van der Waals surface area contributed by atoms with Crippen molar-refractivity contribution in [2.75, 3.05) is 5.73 Å². The number of hydrogen-bond acceptors (Lipinski definition) is 5. The summed E-state index contributed by atoms with van der Waals surface area (Å²) in [6, 6.07) is 10.1. The summed E-state index contributed by atoms with van der Waals surface area (Å²) < 4.78 is 0. The van der Waals surface area contributed by atoms with Crippen molar-refractivity contribution in [1.29, 1.82) is 10.5 Å². The van der Waals surface area contributed by atoms with E-state index in [0.717, 1.165) is 27.9 Å². The molecule has 1 aromatic heterocycles. The van der Waals surface area contributed by atoms with Gasteiger partial charge < -0.3 is 11.1 Å². The monoisotopic (exact) mass is 290 g/mol. The molecular formula is C16H14N6. The van der Waals surface area contributed by atoms with Crippen LogP contribution in [0.3, 0.4) is 0 Å². The summed E-state index contributed by atoms with van der Waals surface area (Å²) in [6.45, 7) is 3.69. The molecule has 0 bridgehead atoms. The van der Waals surface area contributed by atoms with E-state index in [0.29, 0.717) is 17.0 Å². The molecule has 0 fully saturated rings. The second-order valence-electron chi connectivity index (χ2n) is 5.27. The Morgan fingerprint density at radius 3 is 2.36 bits per heavy atom. The number of nitrogens with two attached hydrogens (primary N) is 1. The number of nitriles is 2. The number of aromatic amines is 1. The number of rotatable bonds is 1. The Morgan fingerprint density at radius 2 is 1.77 bits per heavy atom. The first-order chi connectivity index (χ1) is 10.6. The summed E-state index contributed by atoms with van der Waals surface area (Å²) in [7, 11) is 0. The molecule has 1 aliphatic heterocycles. The Morgan fingerprint density at radius 1 is 1.14 bits per heavy atom. The van der Waals surface area contributed by atoms with Gasteiger partial charge in [-0.25, -0.2) is 0 Å². The molecule has 4 N–H and O–H groups in total. The summed E-state index contributed by atoms with van der Waals surface area (Å²) in [5, 5.41) is 29.7. The molecule has 6 nitrogen and oxygen atoms in total. The van der Waals surface area contributed by atoms with Crippen molar-refractivity contribution in [2.24, 2.45) is 0 Å². The Kier molecular flexibility index (Phi) is 3.08. The molecule has 1 aromatic carbocycles. The lowest BCUT2D eigenvalue weighted by Crippen LogP contribution is -2.23. The minimum Gasteiger partial charge on any atom is -0.382 e. The number of dihydropyridines is 1. The average molecular weight is 290 g/mol. The van der Waals surface area contributed by atoms with E-state index < -0.39 is 0 Å². The van der Waals surface area contributed by atoms with Crippen LogP contribution in [0.25, 0.3) is 10.9 Å². The van der Waals surface area contributed by atoms with Crippen molar-refractivity contribution in [3.05, 3.63) is 46.3 Å². The molecule has 22 heavy (non-hydrogen) atoms. The number of aromatic nitrogens is 2. The lowest BCUT2D eigenvalue weighted by molar-refractivity contribution is 0.814. The molecule has 2 aromatic rings. The summed E-state index contributed by atoms with van der Waals surface area (Å²) in [4.78, 5) is 0. The SMILES string of the molecule is CC1=C(C#N)C(c2ccc3c(N)n[nH]c3c2)C(C#N)=C(C)N1. The van der Waals surface area contributed by atoms with Crippen LogP contribution in [-0.2, 0) is 0 Å². The quantitative estimate of drug-likeness (QED) is 0.746. The fraction of sp³-hybridized carbons (Fsp3) is 0.188. The van der Waals surface area contributed by atoms with Crippen LogP contribution in [0, 0.1) is 22.7 Å². The fourth-order valence-corrected chi connectivity index (χ4v) is 2.86. The highest BCUT2D eigenvalue weighted by Crippen LogP contribution is 2.38. The van der Waals surface area contributed by atoms with Gasteiger partial charge in [0.25, 0.3) is 0 Å². The van der Waals surface area contributed by atoms with E-state index in [1.807, 2.05) is 32.0 Å². The zero-order valence-electron chi connectivity index (χ0n) is 12.2. The van der Waals surface area contributed by atoms with Crippen LogP contribution in [0.2, 0.25) is 0 Å². The first-order valence-electron chi connectivity index (χ1n) is 6.79. The molecule has 6 heteroatoms. The van der Waals surface area contributed by atoms with Crippen molar-refractivity contribution in [1.82, 2.24) is 15.5 Å². The van der Waals surface area contributed by atoms with Crippen LogP contribution >= 0.6 is 0 Å². The fourth-order valence-electron chi connectivity index (χ4n) is 2.86. The standard InChI is InChI=1S/C16H14N6/c1-8-12(6-17)15(13(7-18)9(2)20-8)10-3-4-11-14(5-10)21-22-16(11)19/h3-5,15,20H,1-2H3,(H3,19,21,22). The van der Waals surface area contributed by atoms with E-state index >= 15 is 0 Å². The van der Waals surface area contributed by atoms with Gasteiger partial charge in [0.15, 0.2) is 5.82 Å². The summed E-state index contributed by atoms with van der Waals surface area (Å²) in [5.74, 6) is 0.0662. The smallest absolute Gasteiger partial charge is 0.153 e. The number of allylic oxidation sites excluding steroid dienone is 4. The highest BCUT2D eigenvalue weighted by atomic mass is 15.1. The predicted octanol–water partition coefficient (Wildman–Crippen LogP) is 2.43. The van der Waals surface area contributed by atoms with Gasteiger partial charge in [0.2, 0.25) is 0 Å². The largest absolute Gasteiger partial charge is 0.382 e. The average Bonchev–Trinajstić information content (AvgIpc) is 2.87.